The number of anilines is 1. The highest BCUT2D eigenvalue weighted by Gasteiger charge is 2.21. The standard InChI is InChI=1S/C15H17ClN2O/c1-11-10-19-7-6-18(11)15-8-12(9-16)17-14-5-3-2-4-13(14)15/h2-5,8,11H,6-7,9-10H2,1H3. The van der Waals surface area contributed by atoms with Crippen molar-refractivity contribution in [3.8, 4) is 0 Å². The van der Waals surface area contributed by atoms with Gasteiger partial charge in [-0.25, -0.2) is 0 Å². The Balaban J connectivity index is 2.14. The molecular formula is C15H17ClN2O. The van der Waals surface area contributed by atoms with Gasteiger partial charge in [-0.3, -0.25) is 4.98 Å². The first kappa shape index (κ1) is 12.7. The molecule has 1 aromatic heterocycles. The van der Waals surface area contributed by atoms with E-state index >= 15 is 0 Å². The predicted octanol–water partition coefficient (Wildman–Crippen LogP) is 3.20. The second-order valence-corrected chi connectivity index (χ2v) is 5.17. The molecule has 2 aromatic rings. The van der Waals surface area contributed by atoms with E-state index in [1.807, 2.05) is 12.1 Å². The van der Waals surface area contributed by atoms with Crippen molar-refractivity contribution >= 4 is 28.2 Å². The number of benzene rings is 1. The fourth-order valence-electron chi connectivity index (χ4n) is 2.60. The van der Waals surface area contributed by atoms with E-state index in [-0.39, 0.29) is 0 Å². The Morgan fingerprint density at radius 2 is 2.26 bits per heavy atom. The summed E-state index contributed by atoms with van der Waals surface area (Å²) >= 11 is 5.97. The molecule has 3 rings (SSSR count). The molecule has 19 heavy (non-hydrogen) atoms. The summed E-state index contributed by atoms with van der Waals surface area (Å²) in [6.07, 6.45) is 0. The van der Waals surface area contributed by atoms with Crippen LogP contribution in [0.4, 0.5) is 5.69 Å². The summed E-state index contributed by atoms with van der Waals surface area (Å²) in [5, 5.41) is 1.19. The van der Waals surface area contributed by atoms with Crippen LogP contribution in [0.2, 0.25) is 0 Å². The third kappa shape index (κ3) is 2.40. The fraction of sp³-hybridized carbons (Fsp3) is 0.400. The molecule has 0 radical (unpaired) electrons. The summed E-state index contributed by atoms with van der Waals surface area (Å²) in [5.41, 5.74) is 3.15. The molecule has 1 aromatic carbocycles. The molecule has 1 aliphatic rings. The van der Waals surface area contributed by atoms with Crippen molar-refractivity contribution in [3.05, 3.63) is 36.0 Å². The Labute approximate surface area is 118 Å². The lowest BCUT2D eigenvalue weighted by Crippen LogP contribution is -2.43. The number of rotatable bonds is 2. The Kier molecular flexibility index (Phi) is 3.58. The zero-order valence-corrected chi connectivity index (χ0v) is 11.7. The molecule has 0 amide bonds. The van der Waals surface area contributed by atoms with Gasteiger partial charge in [0.15, 0.2) is 0 Å². The Morgan fingerprint density at radius 3 is 3.05 bits per heavy atom. The number of hydrogen-bond donors (Lipinski definition) is 0. The summed E-state index contributed by atoms with van der Waals surface area (Å²) in [5.74, 6) is 0.441. The molecule has 100 valence electrons. The van der Waals surface area contributed by atoms with Gasteiger partial charge in [0.25, 0.3) is 0 Å². The molecular weight excluding hydrogens is 260 g/mol. The molecule has 0 aliphatic carbocycles. The molecule has 1 aliphatic heterocycles. The van der Waals surface area contributed by atoms with Gasteiger partial charge in [-0.2, -0.15) is 0 Å². The first-order valence-electron chi connectivity index (χ1n) is 6.58. The van der Waals surface area contributed by atoms with E-state index in [0.717, 1.165) is 31.0 Å². The minimum atomic E-state index is 0.378. The largest absolute Gasteiger partial charge is 0.377 e. The van der Waals surface area contributed by atoms with Crippen LogP contribution in [0.3, 0.4) is 0 Å². The van der Waals surface area contributed by atoms with Crippen LogP contribution in [0.1, 0.15) is 12.6 Å². The highest BCUT2D eigenvalue weighted by atomic mass is 35.5. The maximum atomic E-state index is 5.97. The molecule has 0 spiro atoms. The number of pyridine rings is 1. The summed E-state index contributed by atoms with van der Waals surface area (Å²) in [7, 11) is 0. The summed E-state index contributed by atoms with van der Waals surface area (Å²) < 4.78 is 5.52. The summed E-state index contributed by atoms with van der Waals surface area (Å²) in [6.45, 7) is 4.65. The maximum absolute atomic E-state index is 5.97. The third-order valence-corrected chi connectivity index (χ3v) is 3.84. The van der Waals surface area contributed by atoms with Crippen LogP contribution in [0, 0.1) is 0 Å². The normalized spacial score (nSPS) is 19.9. The number of ether oxygens (including phenoxy) is 1. The molecule has 4 heteroatoms. The van der Waals surface area contributed by atoms with Crippen molar-refractivity contribution in [2.24, 2.45) is 0 Å². The number of nitrogens with zero attached hydrogens (tertiary/aromatic N) is 2. The second kappa shape index (κ2) is 5.35. The van der Waals surface area contributed by atoms with Crippen LogP contribution in [0.5, 0.6) is 0 Å². The first-order valence-corrected chi connectivity index (χ1v) is 7.12. The average Bonchev–Trinajstić information content (AvgIpc) is 2.46. The second-order valence-electron chi connectivity index (χ2n) is 4.90. The number of alkyl halides is 1. The molecule has 0 saturated carbocycles. The zero-order valence-electron chi connectivity index (χ0n) is 11.0. The van der Waals surface area contributed by atoms with Gasteiger partial charge in [-0.15, -0.1) is 11.6 Å². The molecule has 1 saturated heterocycles. The number of halogens is 1. The monoisotopic (exact) mass is 276 g/mol. The van der Waals surface area contributed by atoms with Gasteiger partial charge >= 0.3 is 0 Å². The lowest BCUT2D eigenvalue weighted by atomic mass is 10.1. The lowest BCUT2D eigenvalue weighted by molar-refractivity contribution is 0.0991. The van der Waals surface area contributed by atoms with Crippen molar-refractivity contribution in [3.63, 3.8) is 0 Å². The number of fused-ring (bicyclic) bond motifs is 1. The zero-order chi connectivity index (χ0) is 13.2. The molecule has 2 heterocycles. The first-order chi connectivity index (χ1) is 9.29. The van der Waals surface area contributed by atoms with Gasteiger partial charge in [-0.1, -0.05) is 18.2 Å². The number of para-hydroxylation sites is 1. The highest BCUT2D eigenvalue weighted by molar-refractivity contribution is 6.17. The van der Waals surface area contributed by atoms with Crippen LogP contribution >= 0.6 is 11.6 Å². The molecule has 1 fully saturated rings. The van der Waals surface area contributed by atoms with E-state index < -0.39 is 0 Å². The molecule has 0 bridgehead atoms. The van der Waals surface area contributed by atoms with Gasteiger partial charge in [0.05, 0.1) is 30.3 Å². The third-order valence-electron chi connectivity index (χ3n) is 3.56. The molecule has 3 nitrogen and oxygen atoms in total. The highest BCUT2D eigenvalue weighted by Crippen LogP contribution is 2.29. The summed E-state index contributed by atoms with van der Waals surface area (Å²) in [6, 6.07) is 10.7. The minimum absolute atomic E-state index is 0.378. The minimum Gasteiger partial charge on any atom is -0.377 e. The van der Waals surface area contributed by atoms with E-state index in [0.29, 0.717) is 11.9 Å². The van der Waals surface area contributed by atoms with E-state index in [1.54, 1.807) is 0 Å². The van der Waals surface area contributed by atoms with Crippen LogP contribution < -0.4 is 4.90 Å². The number of aromatic nitrogens is 1. The number of hydrogen-bond acceptors (Lipinski definition) is 3. The molecule has 0 N–H and O–H groups in total. The van der Waals surface area contributed by atoms with E-state index in [4.69, 9.17) is 16.3 Å². The van der Waals surface area contributed by atoms with Crippen LogP contribution in [-0.2, 0) is 10.6 Å². The van der Waals surface area contributed by atoms with Gasteiger partial charge in [-0.05, 0) is 19.1 Å². The van der Waals surface area contributed by atoms with Crippen molar-refractivity contribution in [2.75, 3.05) is 24.7 Å². The fourth-order valence-corrected chi connectivity index (χ4v) is 2.74. The Morgan fingerprint density at radius 1 is 1.42 bits per heavy atom. The Hall–Kier alpha value is -1.32. The van der Waals surface area contributed by atoms with Crippen LogP contribution in [0.25, 0.3) is 10.9 Å². The van der Waals surface area contributed by atoms with Crippen LogP contribution in [-0.4, -0.2) is 30.8 Å². The molecule has 1 atom stereocenters. The van der Waals surface area contributed by atoms with Crippen molar-refractivity contribution in [2.45, 2.75) is 18.8 Å². The number of morpholine rings is 1. The SMILES string of the molecule is CC1COCCN1c1cc(CCl)nc2ccccc12. The maximum Gasteiger partial charge on any atom is 0.0726 e. The molecule has 1 unspecified atom stereocenters. The average molecular weight is 277 g/mol. The summed E-state index contributed by atoms with van der Waals surface area (Å²) in [4.78, 5) is 6.98. The van der Waals surface area contributed by atoms with Crippen LogP contribution in [0.15, 0.2) is 30.3 Å². The topological polar surface area (TPSA) is 25.4 Å². The smallest absolute Gasteiger partial charge is 0.0726 e. The van der Waals surface area contributed by atoms with Gasteiger partial charge in [0, 0.05) is 23.7 Å². The van der Waals surface area contributed by atoms with E-state index in [9.17, 15) is 0 Å². The van der Waals surface area contributed by atoms with Gasteiger partial charge < -0.3 is 9.64 Å². The predicted molar refractivity (Wildman–Crippen MR) is 78.9 cm³/mol. The van der Waals surface area contributed by atoms with Crippen molar-refractivity contribution in [1.29, 1.82) is 0 Å². The lowest BCUT2D eigenvalue weighted by Gasteiger charge is -2.36. The van der Waals surface area contributed by atoms with E-state index in [1.165, 1.54) is 11.1 Å². The van der Waals surface area contributed by atoms with Crippen molar-refractivity contribution < 1.29 is 4.74 Å². The quantitative estimate of drug-likeness (QED) is 0.788. The Bertz CT molecular complexity index is 587. The van der Waals surface area contributed by atoms with Crippen molar-refractivity contribution in [1.82, 2.24) is 4.98 Å². The van der Waals surface area contributed by atoms with Gasteiger partial charge in [0.1, 0.15) is 0 Å². The van der Waals surface area contributed by atoms with E-state index in [2.05, 4.69) is 35.0 Å². The van der Waals surface area contributed by atoms with Gasteiger partial charge in [0.2, 0.25) is 0 Å².